The van der Waals surface area contributed by atoms with Crippen molar-refractivity contribution in [3.8, 4) is 0 Å². The molecule has 1 saturated heterocycles. The number of carbonyl (C=O) groups excluding carboxylic acids is 1. The summed E-state index contributed by atoms with van der Waals surface area (Å²) in [6, 6.07) is 0.169. The molecule has 7 nitrogen and oxygen atoms in total. The molecule has 2 heterocycles. The van der Waals surface area contributed by atoms with E-state index in [-0.39, 0.29) is 29.4 Å². The molecule has 2 atom stereocenters. The van der Waals surface area contributed by atoms with Crippen LogP contribution in [0.3, 0.4) is 0 Å². The molecule has 0 saturated carbocycles. The van der Waals surface area contributed by atoms with Gasteiger partial charge in [-0.15, -0.1) is 10.2 Å². The molecule has 23 heavy (non-hydrogen) atoms. The number of amides is 1. The highest BCUT2D eigenvalue weighted by molar-refractivity contribution is 7.99. The molecule has 1 aromatic heterocycles. The van der Waals surface area contributed by atoms with Crippen molar-refractivity contribution in [3.63, 3.8) is 0 Å². The SMILES string of the molecule is CC[C@@H](C)NC(=O)CSc1nnc(C[C@@H]2CCS(=O)(=O)C2)n1C. The third-order valence-corrected chi connectivity index (χ3v) is 6.93. The van der Waals surface area contributed by atoms with Crippen LogP contribution in [0.15, 0.2) is 5.16 Å². The third kappa shape index (κ3) is 5.20. The molecular weight excluding hydrogens is 336 g/mol. The zero-order valence-corrected chi connectivity index (χ0v) is 15.4. The van der Waals surface area contributed by atoms with E-state index in [0.29, 0.717) is 23.8 Å². The van der Waals surface area contributed by atoms with Gasteiger partial charge in [0.2, 0.25) is 5.91 Å². The van der Waals surface area contributed by atoms with Crippen molar-refractivity contribution in [3.05, 3.63) is 5.82 Å². The van der Waals surface area contributed by atoms with Gasteiger partial charge in [-0.3, -0.25) is 4.79 Å². The molecule has 1 amide bonds. The minimum atomic E-state index is -2.87. The van der Waals surface area contributed by atoms with Crippen LogP contribution in [0, 0.1) is 5.92 Å². The van der Waals surface area contributed by atoms with Gasteiger partial charge in [-0.05, 0) is 25.7 Å². The van der Waals surface area contributed by atoms with Crippen LogP contribution in [-0.2, 0) is 28.1 Å². The van der Waals surface area contributed by atoms with Gasteiger partial charge < -0.3 is 9.88 Å². The molecule has 0 spiro atoms. The Morgan fingerprint density at radius 3 is 2.83 bits per heavy atom. The molecular formula is C14H24N4O3S2. The van der Waals surface area contributed by atoms with E-state index in [1.54, 1.807) is 0 Å². The van der Waals surface area contributed by atoms with E-state index in [2.05, 4.69) is 15.5 Å². The molecule has 0 aromatic carbocycles. The summed E-state index contributed by atoms with van der Waals surface area (Å²) in [5.41, 5.74) is 0. The van der Waals surface area contributed by atoms with Gasteiger partial charge in [-0.2, -0.15) is 0 Å². The maximum atomic E-state index is 11.8. The predicted molar refractivity (Wildman–Crippen MR) is 90.1 cm³/mol. The Hall–Kier alpha value is -1.09. The van der Waals surface area contributed by atoms with Crippen LogP contribution < -0.4 is 5.32 Å². The molecule has 1 aliphatic heterocycles. The number of aromatic nitrogens is 3. The first-order valence-electron chi connectivity index (χ1n) is 7.81. The van der Waals surface area contributed by atoms with E-state index >= 15 is 0 Å². The molecule has 1 fully saturated rings. The molecule has 9 heteroatoms. The van der Waals surface area contributed by atoms with Crippen molar-refractivity contribution < 1.29 is 13.2 Å². The molecule has 1 aromatic rings. The molecule has 130 valence electrons. The van der Waals surface area contributed by atoms with E-state index in [4.69, 9.17) is 0 Å². The van der Waals surface area contributed by atoms with E-state index in [9.17, 15) is 13.2 Å². The lowest BCUT2D eigenvalue weighted by atomic mass is 10.1. The summed E-state index contributed by atoms with van der Waals surface area (Å²) in [6.45, 7) is 3.99. The summed E-state index contributed by atoms with van der Waals surface area (Å²) >= 11 is 1.35. The summed E-state index contributed by atoms with van der Waals surface area (Å²) in [7, 11) is -1.02. The van der Waals surface area contributed by atoms with Crippen LogP contribution in [0.1, 0.15) is 32.5 Å². The van der Waals surface area contributed by atoms with Gasteiger partial charge in [0.15, 0.2) is 15.0 Å². The number of nitrogens with zero attached hydrogens (tertiary/aromatic N) is 3. The van der Waals surface area contributed by atoms with Crippen LogP contribution in [0.25, 0.3) is 0 Å². The number of sulfone groups is 1. The second kappa shape index (κ2) is 7.65. The van der Waals surface area contributed by atoms with E-state index in [1.165, 1.54) is 11.8 Å². The van der Waals surface area contributed by atoms with E-state index < -0.39 is 9.84 Å². The quantitative estimate of drug-likeness (QED) is 0.723. The lowest BCUT2D eigenvalue weighted by molar-refractivity contribution is -0.119. The fraction of sp³-hybridized carbons (Fsp3) is 0.786. The van der Waals surface area contributed by atoms with Gasteiger partial charge in [-0.1, -0.05) is 18.7 Å². The Bertz CT molecular complexity index is 657. The maximum Gasteiger partial charge on any atom is 0.230 e. The van der Waals surface area contributed by atoms with Crippen LogP contribution >= 0.6 is 11.8 Å². The lowest BCUT2D eigenvalue weighted by Crippen LogP contribution is -2.33. The molecule has 0 unspecified atom stereocenters. The Labute approximate surface area is 141 Å². The molecule has 2 rings (SSSR count). The van der Waals surface area contributed by atoms with Crippen molar-refractivity contribution >= 4 is 27.5 Å². The van der Waals surface area contributed by atoms with Crippen molar-refractivity contribution in [1.82, 2.24) is 20.1 Å². The highest BCUT2D eigenvalue weighted by atomic mass is 32.2. The molecule has 0 radical (unpaired) electrons. The fourth-order valence-electron chi connectivity index (χ4n) is 2.49. The Morgan fingerprint density at radius 1 is 1.48 bits per heavy atom. The van der Waals surface area contributed by atoms with Crippen LogP contribution in [0.4, 0.5) is 0 Å². The minimum absolute atomic E-state index is 0.0178. The number of hydrogen-bond acceptors (Lipinski definition) is 6. The lowest BCUT2D eigenvalue weighted by Gasteiger charge is -2.11. The van der Waals surface area contributed by atoms with Gasteiger partial charge in [0.1, 0.15) is 5.82 Å². The highest BCUT2D eigenvalue weighted by Gasteiger charge is 2.29. The average molecular weight is 361 g/mol. The van der Waals surface area contributed by atoms with E-state index in [0.717, 1.165) is 12.2 Å². The first-order valence-corrected chi connectivity index (χ1v) is 10.6. The van der Waals surface area contributed by atoms with E-state index in [1.807, 2.05) is 25.5 Å². The zero-order chi connectivity index (χ0) is 17.0. The summed E-state index contributed by atoms with van der Waals surface area (Å²) < 4.78 is 24.9. The summed E-state index contributed by atoms with van der Waals surface area (Å²) in [4.78, 5) is 11.8. The normalized spacial score (nSPS) is 21.3. The number of carbonyl (C=O) groups is 1. The Balaban J connectivity index is 1.88. The highest BCUT2D eigenvalue weighted by Crippen LogP contribution is 2.23. The third-order valence-electron chi connectivity index (χ3n) is 4.08. The summed E-state index contributed by atoms with van der Waals surface area (Å²) in [5, 5.41) is 11.9. The van der Waals surface area contributed by atoms with Crippen LogP contribution in [0.2, 0.25) is 0 Å². The predicted octanol–water partition coefficient (Wildman–Crippen LogP) is 0.799. The Kier molecular flexibility index (Phi) is 6.07. The minimum Gasteiger partial charge on any atom is -0.353 e. The monoisotopic (exact) mass is 360 g/mol. The van der Waals surface area contributed by atoms with Crippen LogP contribution in [-0.4, -0.2) is 52.4 Å². The largest absolute Gasteiger partial charge is 0.353 e. The molecule has 0 bridgehead atoms. The van der Waals surface area contributed by atoms with Crippen LogP contribution in [0.5, 0.6) is 0 Å². The second-order valence-corrected chi connectivity index (χ2v) is 9.27. The first kappa shape index (κ1) is 18.3. The number of nitrogens with one attached hydrogen (secondary N) is 1. The van der Waals surface area contributed by atoms with Gasteiger partial charge in [0.05, 0.1) is 17.3 Å². The van der Waals surface area contributed by atoms with Gasteiger partial charge in [-0.25, -0.2) is 8.42 Å². The average Bonchev–Trinajstić information content (AvgIpc) is 3.00. The zero-order valence-electron chi connectivity index (χ0n) is 13.8. The van der Waals surface area contributed by atoms with Gasteiger partial charge in [0, 0.05) is 19.5 Å². The molecule has 0 aliphatic carbocycles. The second-order valence-electron chi connectivity index (χ2n) is 6.10. The topological polar surface area (TPSA) is 94.0 Å². The van der Waals surface area contributed by atoms with Crippen molar-refractivity contribution in [2.75, 3.05) is 17.3 Å². The number of rotatable bonds is 7. The van der Waals surface area contributed by atoms with Gasteiger partial charge >= 0.3 is 0 Å². The maximum absolute atomic E-state index is 11.8. The molecule has 1 aliphatic rings. The fourth-order valence-corrected chi connectivity index (χ4v) is 5.09. The number of hydrogen-bond donors (Lipinski definition) is 1. The Morgan fingerprint density at radius 2 is 2.22 bits per heavy atom. The van der Waals surface area contributed by atoms with Gasteiger partial charge in [0.25, 0.3) is 0 Å². The standard InChI is InChI=1S/C14H24N4O3S2/c1-4-10(2)15-13(19)8-22-14-17-16-12(18(14)3)7-11-5-6-23(20,21)9-11/h10-11H,4-9H2,1-3H3,(H,15,19)/t10-,11+/m1/s1. The van der Waals surface area contributed by atoms with Crippen molar-refractivity contribution in [1.29, 1.82) is 0 Å². The summed E-state index contributed by atoms with van der Waals surface area (Å²) in [6.07, 6.45) is 2.20. The van der Waals surface area contributed by atoms with Crippen molar-refractivity contribution in [2.45, 2.75) is 44.3 Å². The molecule has 1 N–H and O–H groups in total. The smallest absolute Gasteiger partial charge is 0.230 e. The summed E-state index contributed by atoms with van der Waals surface area (Å²) in [5.74, 6) is 1.68. The van der Waals surface area contributed by atoms with Crippen molar-refractivity contribution in [2.24, 2.45) is 13.0 Å². The first-order chi connectivity index (χ1) is 10.8. The number of thioether (sulfide) groups is 1.